The second kappa shape index (κ2) is 8.44. The molecule has 0 aromatic heterocycles. The molecule has 0 atom stereocenters. The number of carboxylic acids is 1. The Morgan fingerprint density at radius 1 is 1.29 bits per heavy atom. The first-order chi connectivity index (χ1) is 9.80. The molecule has 0 unspecified atom stereocenters. The summed E-state index contributed by atoms with van der Waals surface area (Å²) in [6.07, 6.45) is 0.882. The molecular formula is C15H20BrNO3S. The SMILES string of the molecule is CC(C)(CCC(=O)O)NC(=O)CCSc1ccccc1Br. The third-order valence-electron chi connectivity index (χ3n) is 2.87. The Bertz CT molecular complexity index is 505. The molecule has 2 N–H and O–H groups in total. The molecule has 6 heteroatoms. The molecule has 1 rings (SSSR count). The summed E-state index contributed by atoms with van der Waals surface area (Å²) < 4.78 is 1.03. The van der Waals surface area contributed by atoms with E-state index in [1.165, 1.54) is 0 Å². The number of hydrogen-bond donors (Lipinski definition) is 2. The van der Waals surface area contributed by atoms with Crippen molar-refractivity contribution in [2.75, 3.05) is 5.75 Å². The predicted octanol–water partition coefficient (Wildman–Crippen LogP) is 3.69. The van der Waals surface area contributed by atoms with E-state index in [1.807, 2.05) is 38.1 Å². The van der Waals surface area contributed by atoms with Crippen molar-refractivity contribution >= 4 is 39.6 Å². The first kappa shape index (κ1) is 18.0. The van der Waals surface area contributed by atoms with Crippen molar-refractivity contribution in [2.45, 2.75) is 43.5 Å². The molecule has 1 aromatic rings. The summed E-state index contributed by atoms with van der Waals surface area (Å²) in [5, 5.41) is 11.6. The van der Waals surface area contributed by atoms with Crippen LogP contribution in [0, 0.1) is 0 Å². The molecule has 0 bridgehead atoms. The van der Waals surface area contributed by atoms with Crippen LogP contribution in [0.15, 0.2) is 33.6 Å². The number of benzene rings is 1. The molecule has 0 saturated carbocycles. The van der Waals surface area contributed by atoms with Crippen LogP contribution < -0.4 is 5.32 Å². The Labute approximate surface area is 137 Å². The molecule has 116 valence electrons. The lowest BCUT2D eigenvalue weighted by Gasteiger charge is -2.25. The van der Waals surface area contributed by atoms with E-state index in [-0.39, 0.29) is 12.3 Å². The summed E-state index contributed by atoms with van der Waals surface area (Å²) in [5.74, 6) is -0.213. The van der Waals surface area contributed by atoms with Gasteiger partial charge in [0.1, 0.15) is 0 Å². The van der Waals surface area contributed by atoms with E-state index in [0.29, 0.717) is 18.6 Å². The van der Waals surface area contributed by atoms with Gasteiger partial charge in [0.2, 0.25) is 5.91 Å². The average molecular weight is 374 g/mol. The molecule has 0 aliphatic heterocycles. The Morgan fingerprint density at radius 2 is 1.95 bits per heavy atom. The van der Waals surface area contributed by atoms with Gasteiger partial charge in [0.15, 0.2) is 0 Å². The maximum atomic E-state index is 11.9. The zero-order valence-electron chi connectivity index (χ0n) is 12.2. The molecule has 1 amide bonds. The summed E-state index contributed by atoms with van der Waals surface area (Å²) in [7, 11) is 0. The van der Waals surface area contributed by atoms with E-state index in [1.54, 1.807) is 11.8 Å². The minimum atomic E-state index is -0.846. The van der Waals surface area contributed by atoms with Gasteiger partial charge in [-0.25, -0.2) is 0 Å². The molecule has 0 aliphatic carbocycles. The van der Waals surface area contributed by atoms with Crippen LogP contribution in [0.4, 0.5) is 0 Å². The molecule has 0 aliphatic rings. The van der Waals surface area contributed by atoms with Gasteiger partial charge in [-0.15, -0.1) is 11.8 Å². The molecule has 1 aromatic carbocycles. The van der Waals surface area contributed by atoms with Crippen molar-refractivity contribution in [3.05, 3.63) is 28.7 Å². The number of halogens is 1. The zero-order chi connectivity index (χ0) is 15.9. The van der Waals surface area contributed by atoms with Gasteiger partial charge in [0.05, 0.1) is 0 Å². The van der Waals surface area contributed by atoms with Crippen molar-refractivity contribution in [1.29, 1.82) is 0 Å². The fourth-order valence-corrected chi connectivity index (χ4v) is 3.25. The van der Waals surface area contributed by atoms with Gasteiger partial charge in [0.25, 0.3) is 0 Å². The number of carbonyl (C=O) groups excluding carboxylic acids is 1. The van der Waals surface area contributed by atoms with Gasteiger partial charge in [-0.05, 0) is 48.3 Å². The normalized spacial score (nSPS) is 11.2. The molecular weight excluding hydrogens is 354 g/mol. The molecule has 4 nitrogen and oxygen atoms in total. The molecule has 0 fully saturated rings. The number of rotatable bonds is 8. The fourth-order valence-electron chi connectivity index (χ4n) is 1.74. The van der Waals surface area contributed by atoms with Gasteiger partial charge in [-0.3, -0.25) is 9.59 Å². The van der Waals surface area contributed by atoms with Crippen LogP contribution in [0.1, 0.15) is 33.1 Å². The monoisotopic (exact) mass is 373 g/mol. The van der Waals surface area contributed by atoms with Crippen molar-refractivity contribution < 1.29 is 14.7 Å². The molecule has 21 heavy (non-hydrogen) atoms. The molecule has 0 spiro atoms. The van der Waals surface area contributed by atoms with Gasteiger partial charge in [0, 0.05) is 33.5 Å². The highest BCUT2D eigenvalue weighted by Gasteiger charge is 2.21. The van der Waals surface area contributed by atoms with E-state index in [2.05, 4.69) is 21.2 Å². The second-order valence-corrected chi connectivity index (χ2v) is 7.35. The topological polar surface area (TPSA) is 66.4 Å². The van der Waals surface area contributed by atoms with Gasteiger partial charge in [-0.2, -0.15) is 0 Å². The highest BCUT2D eigenvalue weighted by molar-refractivity contribution is 9.10. The van der Waals surface area contributed by atoms with Gasteiger partial charge >= 0.3 is 5.97 Å². The zero-order valence-corrected chi connectivity index (χ0v) is 14.6. The fraction of sp³-hybridized carbons (Fsp3) is 0.467. The summed E-state index contributed by atoms with van der Waals surface area (Å²) in [5.41, 5.74) is -0.493. The van der Waals surface area contributed by atoms with Crippen molar-refractivity contribution in [1.82, 2.24) is 5.32 Å². The lowest BCUT2D eigenvalue weighted by atomic mass is 9.98. The number of carboxylic acid groups (broad SMARTS) is 1. The van der Waals surface area contributed by atoms with Crippen LogP contribution in [0.3, 0.4) is 0 Å². The Hall–Kier alpha value is -1.01. The lowest BCUT2D eigenvalue weighted by molar-refractivity contribution is -0.137. The van der Waals surface area contributed by atoms with Crippen LogP contribution in [-0.4, -0.2) is 28.3 Å². The minimum Gasteiger partial charge on any atom is -0.481 e. The Kier molecular flexibility index (Phi) is 7.25. The van der Waals surface area contributed by atoms with Crippen LogP contribution in [-0.2, 0) is 9.59 Å². The summed E-state index contributed by atoms with van der Waals surface area (Å²) >= 11 is 5.09. The maximum absolute atomic E-state index is 11.9. The summed E-state index contributed by atoms with van der Waals surface area (Å²) in [6.45, 7) is 3.68. The van der Waals surface area contributed by atoms with Crippen LogP contribution in [0.25, 0.3) is 0 Å². The minimum absolute atomic E-state index is 0.0510. The first-order valence-corrected chi connectivity index (χ1v) is 8.48. The Morgan fingerprint density at radius 3 is 2.57 bits per heavy atom. The predicted molar refractivity (Wildman–Crippen MR) is 88.6 cm³/mol. The number of amides is 1. The molecule has 0 radical (unpaired) electrons. The van der Waals surface area contributed by atoms with E-state index < -0.39 is 11.5 Å². The standard InChI is InChI=1S/C15H20BrNO3S/c1-15(2,9-7-14(19)20)17-13(18)8-10-21-12-6-4-3-5-11(12)16/h3-6H,7-10H2,1-2H3,(H,17,18)(H,19,20). The van der Waals surface area contributed by atoms with Gasteiger partial charge in [-0.1, -0.05) is 12.1 Å². The Balaban J connectivity index is 2.34. The highest BCUT2D eigenvalue weighted by atomic mass is 79.9. The van der Waals surface area contributed by atoms with Gasteiger partial charge < -0.3 is 10.4 Å². The van der Waals surface area contributed by atoms with Crippen molar-refractivity contribution in [3.8, 4) is 0 Å². The highest BCUT2D eigenvalue weighted by Crippen LogP contribution is 2.27. The second-order valence-electron chi connectivity index (χ2n) is 5.35. The van der Waals surface area contributed by atoms with Crippen molar-refractivity contribution in [2.24, 2.45) is 0 Å². The van der Waals surface area contributed by atoms with Crippen molar-refractivity contribution in [3.63, 3.8) is 0 Å². The number of thioether (sulfide) groups is 1. The third kappa shape index (κ3) is 7.52. The quantitative estimate of drug-likeness (QED) is 0.681. The number of nitrogens with one attached hydrogen (secondary N) is 1. The third-order valence-corrected chi connectivity index (χ3v) is 4.89. The van der Waals surface area contributed by atoms with Crippen LogP contribution in [0.2, 0.25) is 0 Å². The number of hydrogen-bond acceptors (Lipinski definition) is 3. The summed E-state index contributed by atoms with van der Waals surface area (Å²) in [6, 6.07) is 7.88. The van der Waals surface area contributed by atoms with E-state index in [9.17, 15) is 9.59 Å². The van der Waals surface area contributed by atoms with E-state index in [4.69, 9.17) is 5.11 Å². The molecule has 0 heterocycles. The van der Waals surface area contributed by atoms with Crippen LogP contribution in [0.5, 0.6) is 0 Å². The first-order valence-electron chi connectivity index (χ1n) is 6.70. The summed E-state index contributed by atoms with van der Waals surface area (Å²) in [4.78, 5) is 23.6. The van der Waals surface area contributed by atoms with E-state index in [0.717, 1.165) is 9.37 Å². The smallest absolute Gasteiger partial charge is 0.303 e. The number of aliphatic carboxylic acids is 1. The van der Waals surface area contributed by atoms with Crippen LogP contribution >= 0.6 is 27.7 Å². The largest absolute Gasteiger partial charge is 0.481 e. The maximum Gasteiger partial charge on any atom is 0.303 e. The number of carbonyl (C=O) groups is 2. The lowest BCUT2D eigenvalue weighted by Crippen LogP contribution is -2.43. The molecule has 0 saturated heterocycles. The van der Waals surface area contributed by atoms with E-state index >= 15 is 0 Å². The average Bonchev–Trinajstić information content (AvgIpc) is 2.38.